The van der Waals surface area contributed by atoms with E-state index in [0.717, 1.165) is 0 Å². The van der Waals surface area contributed by atoms with Gasteiger partial charge in [0.25, 0.3) is 0 Å². The highest BCUT2D eigenvalue weighted by atomic mass is 19.3. The third-order valence-corrected chi connectivity index (χ3v) is 4.45. The van der Waals surface area contributed by atoms with Crippen molar-refractivity contribution in [2.24, 2.45) is 23.2 Å². The Bertz CT molecular complexity index is 302. The third-order valence-electron chi connectivity index (χ3n) is 4.45. The van der Waals surface area contributed by atoms with E-state index in [0.29, 0.717) is 12.8 Å². The summed E-state index contributed by atoms with van der Waals surface area (Å²) in [6, 6.07) is 0. The minimum atomic E-state index is -2.52. The van der Waals surface area contributed by atoms with E-state index in [-0.39, 0.29) is 36.0 Å². The SMILES string of the molecule is CC1(C)C(C(=O)O)C1C1CCC(F)(F)CC1. The number of halogens is 2. The number of hydrogen-bond acceptors (Lipinski definition) is 1. The summed E-state index contributed by atoms with van der Waals surface area (Å²) in [6.07, 6.45) is 0.808. The van der Waals surface area contributed by atoms with Gasteiger partial charge in [-0.25, -0.2) is 8.78 Å². The molecule has 0 amide bonds. The van der Waals surface area contributed by atoms with Crippen molar-refractivity contribution in [1.82, 2.24) is 0 Å². The van der Waals surface area contributed by atoms with E-state index in [9.17, 15) is 13.6 Å². The molecule has 16 heavy (non-hydrogen) atoms. The summed E-state index contributed by atoms with van der Waals surface area (Å²) in [7, 11) is 0. The second kappa shape index (κ2) is 3.41. The lowest BCUT2D eigenvalue weighted by molar-refractivity contribution is -0.139. The molecule has 0 spiro atoms. The van der Waals surface area contributed by atoms with Crippen LogP contribution in [0.2, 0.25) is 0 Å². The summed E-state index contributed by atoms with van der Waals surface area (Å²) in [5.74, 6) is -3.35. The number of rotatable bonds is 2. The summed E-state index contributed by atoms with van der Waals surface area (Å²) < 4.78 is 26.0. The fourth-order valence-electron chi connectivity index (χ4n) is 3.45. The van der Waals surface area contributed by atoms with E-state index >= 15 is 0 Å². The van der Waals surface area contributed by atoms with Gasteiger partial charge >= 0.3 is 5.97 Å². The molecular weight excluding hydrogens is 214 g/mol. The predicted octanol–water partition coefficient (Wildman–Crippen LogP) is 3.17. The number of alkyl halides is 2. The van der Waals surface area contributed by atoms with Crippen molar-refractivity contribution in [2.75, 3.05) is 0 Å². The first-order chi connectivity index (χ1) is 7.26. The number of carboxylic acid groups (broad SMARTS) is 1. The zero-order valence-corrected chi connectivity index (χ0v) is 9.67. The Kier molecular flexibility index (Phi) is 2.52. The molecule has 0 radical (unpaired) electrons. The van der Waals surface area contributed by atoms with Gasteiger partial charge in [-0.1, -0.05) is 13.8 Å². The van der Waals surface area contributed by atoms with Crippen molar-refractivity contribution in [3.8, 4) is 0 Å². The highest BCUT2D eigenvalue weighted by Crippen LogP contribution is 2.64. The standard InChI is InChI=1S/C12H18F2O2/c1-11(2)8(9(11)10(15)16)7-3-5-12(13,14)6-4-7/h7-9H,3-6H2,1-2H3,(H,15,16). The Balaban J connectivity index is 1.99. The maximum absolute atomic E-state index is 13.0. The average Bonchev–Trinajstić information content (AvgIpc) is 2.69. The fourth-order valence-corrected chi connectivity index (χ4v) is 3.45. The van der Waals surface area contributed by atoms with Gasteiger partial charge in [-0.15, -0.1) is 0 Å². The average molecular weight is 232 g/mol. The van der Waals surface area contributed by atoms with Gasteiger partial charge in [-0.05, 0) is 30.1 Å². The van der Waals surface area contributed by atoms with Crippen molar-refractivity contribution in [3.05, 3.63) is 0 Å². The van der Waals surface area contributed by atoms with E-state index < -0.39 is 11.9 Å². The molecule has 0 aromatic carbocycles. The summed E-state index contributed by atoms with van der Waals surface area (Å²) in [5.41, 5.74) is -0.205. The van der Waals surface area contributed by atoms with Crippen LogP contribution in [-0.4, -0.2) is 17.0 Å². The molecule has 2 unspecified atom stereocenters. The molecule has 2 fully saturated rings. The maximum atomic E-state index is 13.0. The lowest BCUT2D eigenvalue weighted by atomic mass is 9.81. The minimum absolute atomic E-state index is 0.0728. The Labute approximate surface area is 94.0 Å². The van der Waals surface area contributed by atoms with Gasteiger partial charge in [0, 0.05) is 12.8 Å². The summed E-state index contributed by atoms with van der Waals surface area (Å²) in [5, 5.41) is 9.04. The zero-order chi connectivity index (χ0) is 12.1. The van der Waals surface area contributed by atoms with Crippen LogP contribution in [0, 0.1) is 23.2 Å². The molecule has 0 aliphatic heterocycles. The first-order valence-corrected chi connectivity index (χ1v) is 5.86. The molecule has 2 saturated carbocycles. The van der Waals surface area contributed by atoms with Crippen LogP contribution < -0.4 is 0 Å². The molecule has 2 rings (SSSR count). The highest BCUT2D eigenvalue weighted by Gasteiger charge is 2.65. The van der Waals surface area contributed by atoms with Crippen LogP contribution >= 0.6 is 0 Å². The Morgan fingerprint density at radius 1 is 1.25 bits per heavy atom. The quantitative estimate of drug-likeness (QED) is 0.794. The van der Waals surface area contributed by atoms with Gasteiger partial charge in [-0.2, -0.15) is 0 Å². The number of aliphatic carboxylic acids is 1. The van der Waals surface area contributed by atoms with Crippen LogP contribution in [0.15, 0.2) is 0 Å². The van der Waals surface area contributed by atoms with Crippen LogP contribution in [-0.2, 0) is 4.79 Å². The Hall–Kier alpha value is -0.670. The molecule has 92 valence electrons. The molecular formula is C12H18F2O2. The zero-order valence-electron chi connectivity index (χ0n) is 9.67. The van der Waals surface area contributed by atoms with Gasteiger partial charge in [0.05, 0.1) is 5.92 Å². The van der Waals surface area contributed by atoms with E-state index in [1.54, 1.807) is 0 Å². The smallest absolute Gasteiger partial charge is 0.307 e. The van der Waals surface area contributed by atoms with Gasteiger partial charge in [0.15, 0.2) is 0 Å². The van der Waals surface area contributed by atoms with Gasteiger partial charge in [0.2, 0.25) is 5.92 Å². The van der Waals surface area contributed by atoms with E-state index in [1.165, 1.54) is 0 Å². The first kappa shape index (κ1) is 11.8. The first-order valence-electron chi connectivity index (χ1n) is 5.86. The van der Waals surface area contributed by atoms with Crippen molar-refractivity contribution in [2.45, 2.75) is 45.5 Å². The molecule has 2 aliphatic rings. The molecule has 0 aromatic rings. The molecule has 2 aliphatic carbocycles. The third kappa shape index (κ3) is 1.82. The molecule has 0 heterocycles. The van der Waals surface area contributed by atoms with Gasteiger partial charge < -0.3 is 5.11 Å². The van der Waals surface area contributed by atoms with E-state index in [1.807, 2.05) is 13.8 Å². The molecule has 1 N–H and O–H groups in total. The molecule has 0 bridgehead atoms. The minimum Gasteiger partial charge on any atom is -0.481 e. The predicted molar refractivity (Wildman–Crippen MR) is 55.3 cm³/mol. The molecule has 2 atom stereocenters. The normalized spacial score (nSPS) is 37.0. The molecule has 4 heteroatoms. The molecule has 0 aromatic heterocycles. The second-order valence-electron chi connectivity index (χ2n) is 5.86. The number of carboxylic acids is 1. The molecule has 0 saturated heterocycles. The van der Waals surface area contributed by atoms with Gasteiger partial charge in [-0.3, -0.25) is 4.79 Å². The highest BCUT2D eigenvalue weighted by molar-refractivity contribution is 5.75. The van der Waals surface area contributed by atoms with E-state index in [4.69, 9.17) is 5.11 Å². The van der Waals surface area contributed by atoms with Crippen LogP contribution in [0.25, 0.3) is 0 Å². The summed E-state index contributed by atoms with van der Waals surface area (Å²) >= 11 is 0. The Morgan fingerprint density at radius 2 is 1.75 bits per heavy atom. The van der Waals surface area contributed by atoms with Gasteiger partial charge in [0.1, 0.15) is 0 Å². The lowest BCUT2D eigenvalue weighted by Crippen LogP contribution is -2.26. The van der Waals surface area contributed by atoms with Crippen LogP contribution in [0.1, 0.15) is 39.5 Å². The maximum Gasteiger partial charge on any atom is 0.307 e. The van der Waals surface area contributed by atoms with Crippen molar-refractivity contribution >= 4 is 5.97 Å². The lowest BCUT2D eigenvalue weighted by Gasteiger charge is -2.29. The number of carbonyl (C=O) groups is 1. The van der Waals surface area contributed by atoms with Crippen LogP contribution in [0.5, 0.6) is 0 Å². The number of hydrogen-bond donors (Lipinski definition) is 1. The van der Waals surface area contributed by atoms with E-state index in [2.05, 4.69) is 0 Å². The van der Waals surface area contributed by atoms with Crippen molar-refractivity contribution in [1.29, 1.82) is 0 Å². The van der Waals surface area contributed by atoms with Crippen molar-refractivity contribution in [3.63, 3.8) is 0 Å². The largest absolute Gasteiger partial charge is 0.481 e. The monoisotopic (exact) mass is 232 g/mol. The van der Waals surface area contributed by atoms with Crippen LogP contribution in [0.3, 0.4) is 0 Å². The molecule has 2 nitrogen and oxygen atoms in total. The summed E-state index contributed by atoms with van der Waals surface area (Å²) in [4.78, 5) is 11.0. The van der Waals surface area contributed by atoms with Crippen LogP contribution in [0.4, 0.5) is 8.78 Å². The fraction of sp³-hybridized carbons (Fsp3) is 0.917. The summed E-state index contributed by atoms with van der Waals surface area (Å²) in [6.45, 7) is 3.87. The topological polar surface area (TPSA) is 37.3 Å². The second-order valence-corrected chi connectivity index (χ2v) is 5.86. The van der Waals surface area contributed by atoms with Crippen molar-refractivity contribution < 1.29 is 18.7 Å². The Morgan fingerprint density at radius 3 is 2.12 bits per heavy atom.